The van der Waals surface area contributed by atoms with Crippen LogP contribution in [0, 0.1) is 0 Å². The van der Waals surface area contributed by atoms with Crippen molar-refractivity contribution in [3.63, 3.8) is 0 Å². The van der Waals surface area contributed by atoms with Crippen LogP contribution in [0.4, 0.5) is 0 Å². The molecule has 0 bridgehead atoms. The minimum atomic E-state index is -0.271. The summed E-state index contributed by atoms with van der Waals surface area (Å²) in [5.41, 5.74) is 2.12. The van der Waals surface area contributed by atoms with Crippen LogP contribution in [-0.2, 0) is 11.3 Å². The molecule has 3 heteroatoms. The first kappa shape index (κ1) is 6.46. The van der Waals surface area contributed by atoms with Gasteiger partial charge >= 0.3 is 5.97 Å². The number of esters is 1. The van der Waals surface area contributed by atoms with Crippen LogP contribution in [0.1, 0.15) is 15.9 Å². The predicted molar refractivity (Wildman–Crippen MR) is 40.9 cm³/mol. The smallest absolute Gasteiger partial charge is 0.338 e. The first-order valence-corrected chi connectivity index (χ1v) is 3.33. The van der Waals surface area contributed by atoms with Crippen molar-refractivity contribution in [1.82, 2.24) is 0 Å². The first-order valence-electron chi connectivity index (χ1n) is 3.33. The number of fused-ring (bicyclic) bond motifs is 1. The molecule has 2 rings (SSSR count). The van der Waals surface area contributed by atoms with Gasteiger partial charge in [0.2, 0.25) is 0 Å². The summed E-state index contributed by atoms with van der Waals surface area (Å²) in [5.74, 6) is -0.271. The highest BCUT2D eigenvalue weighted by atomic mass is 16.5. The molecule has 2 nitrogen and oxygen atoms in total. The number of hydrogen-bond donors (Lipinski definition) is 0. The Morgan fingerprint density at radius 2 is 2.27 bits per heavy atom. The Kier molecular flexibility index (Phi) is 1.25. The van der Waals surface area contributed by atoms with Crippen LogP contribution in [0.2, 0.25) is 0 Å². The van der Waals surface area contributed by atoms with E-state index in [0.29, 0.717) is 17.6 Å². The number of carbonyl (C=O) groups excluding carboxylic acids is 1. The van der Waals surface area contributed by atoms with Gasteiger partial charge in [-0.1, -0.05) is 23.7 Å². The topological polar surface area (TPSA) is 26.3 Å². The van der Waals surface area contributed by atoms with E-state index < -0.39 is 0 Å². The molecule has 0 amide bonds. The van der Waals surface area contributed by atoms with E-state index in [1.807, 2.05) is 6.07 Å². The van der Waals surface area contributed by atoms with Gasteiger partial charge in [-0.2, -0.15) is 0 Å². The summed E-state index contributed by atoms with van der Waals surface area (Å²) >= 11 is 0. The van der Waals surface area contributed by atoms with Gasteiger partial charge in [0.25, 0.3) is 0 Å². The monoisotopic (exact) mass is 144 g/mol. The van der Waals surface area contributed by atoms with E-state index in [0.717, 1.165) is 5.56 Å². The van der Waals surface area contributed by atoms with Crippen LogP contribution in [-0.4, -0.2) is 13.8 Å². The summed E-state index contributed by atoms with van der Waals surface area (Å²) in [6.07, 6.45) is 0. The van der Waals surface area contributed by atoms with Gasteiger partial charge in [0.15, 0.2) is 0 Å². The molecule has 1 heterocycles. The Balaban J connectivity index is 2.60. The fourth-order valence-electron chi connectivity index (χ4n) is 1.13. The maximum absolute atomic E-state index is 10.9. The molecule has 0 N–H and O–H groups in total. The van der Waals surface area contributed by atoms with E-state index in [2.05, 4.69) is 0 Å². The molecule has 0 saturated carbocycles. The number of benzene rings is 1. The average Bonchev–Trinajstić information content (AvgIpc) is 2.33. The van der Waals surface area contributed by atoms with E-state index in [4.69, 9.17) is 12.6 Å². The minimum Gasteiger partial charge on any atom is -0.457 e. The molecule has 1 aromatic carbocycles. The van der Waals surface area contributed by atoms with Crippen molar-refractivity contribution in [2.45, 2.75) is 6.61 Å². The molecule has 0 fully saturated rings. The lowest BCUT2D eigenvalue weighted by Crippen LogP contribution is -2.05. The third-order valence-corrected chi connectivity index (χ3v) is 1.71. The molecule has 1 aromatic rings. The van der Waals surface area contributed by atoms with E-state index in [1.165, 1.54) is 0 Å². The highest BCUT2D eigenvalue weighted by Crippen LogP contribution is 2.17. The summed E-state index contributed by atoms with van der Waals surface area (Å²) in [6, 6.07) is 5.22. The van der Waals surface area contributed by atoms with Crippen LogP contribution in [0.5, 0.6) is 0 Å². The van der Waals surface area contributed by atoms with Crippen molar-refractivity contribution in [2.75, 3.05) is 0 Å². The third-order valence-electron chi connectivity index (χ3n) is 1.71. The SMILES string of the molecule is [B]c1ccc2c(c1)C(=O)OC2. The second kappa shape index (κ2) is 2.12. The summed E-state index contributed by atoms with van der Waals surface area (Å²) in [4.78, 5) is 10.9. The molecule has 0 unspecified atom stereocenters. The molecule has 11 heavy (non-hydrogen) atoms. The largest absolute Gasteiger partial charge is 0.457 e. The molecular formula is C8H5BO2. The number of ether oxygens (including phenoxy) is 1. The van der Waals surface area contributed by atoms with Crippen molar-refractivity contribution in [1.29, 1.82) is 0 Å². The second-order valence-electron chi connectivity index (χ2n) is 2.49. The lowest BCUT2D eigenvalue weighted by atomic mass is 9.93. The lowest BCUT2D eigenvalue weighted by molar-refractivity contribution is 0.0535. The third kappa shape index (κ3) is 0.927. The highest BCUT2D eigenvalue weighted by Gasteiger charge is 2.19. The van der Waals surface area contributed by atoms with Gasteiger partial charge in [-0.05, 0) is 0 Å². The Hall–Kier alpha value is -1.25. The lowest BCUT2D eigenvalue weighted by Gasteiger charge is -1.94. The van der Waals surface area contributed by atoms with Crippen molar-refractivity contribution in [3.8, 4) is 0 Å². The van der Waals surface area contributed by atoms with E-state index in [9.17, 15) is 4.79 Å². The fourth-order valence-corrected chi connectivity index (χ4v) is 1.13. The number of rotatable bonds is 0. The maximum Gasteiger partial charge on any atom is 0.338 e. The highest BCUT2D eigenvalue weighted by molar-refractivity contribution is 6.32. The zero-order valence-electron chi connectivity index (χ0n) is 5.83. The molecule has 1 aliphatic heterocycles. The normalized spacial score (nSPS) is 14.4. The summed E-state index contributed by atoms with van der Waals surface area (Å²) in [7, 11) is 5.49. The molecule has 0 aromatic heterocycles. The zero-order chi connectivity index (χ0) is 7.84. The quantitative estimate of drug-likeness (QED) is 0.382. The van der Waals surface area contributed by atoms with Crippen LogP contribution in [0.15, 0.2) is 18.2 Å². The number of carbonyl (C=O) groups is 1. The Bertz CT molecular complexity index is 320. The van der Waals surface area contributed by atoms with Crippen molar-refractivity contribution in [3.05, 3.63) is 29.3 Å². The van der Waals surface area contributed by atoms with Crippen molar-refractivity contribution >= 4 is 19.3 Å². The van der Waals surface area contributed by atoms with Gasteiger partial charge in [0, 0.05) is 5.56 Å². The Morgan fingerprint density at radius 1 is 1.45 bits per heavy atom. The van der Waals surface area contributed by atoms with Crippen LogP contribution in [0.25, 0.3) is 0 Å². The average molecular weight is 144 g/mol. The molecule has 0 saturated heterocycles. The Morgan fingerprint density at radius 3 is 3.09 bits per heavy atom. The van der Waals surface area contributed by atoms with Crippen molar-refractivity contribution < 1.29 is 9.53 Å². The predicted octanol–water partition coefficient (Wildman–Crippen LogP) is 0.151. The van der Waals surface area contributed by atoms with Crippen molar-refractivity contribution in [2.24, 2.45) is 0 Å². The molecule has 2 radical (unpaired) electrons. The molecule has 0 atom stereocenters. The van der Waals surface area contributed by atoms with Gasteiger partial charge in [-0.15, -0.1) is 0 Å². The maximum atomic E-state index is 10.9. The minimum absolute atomic E-state index is 0.271. The number of hydrogen-bond acceptors (Lipinski definition) is 2. The molecular weight excluding hydrogens is 139 g/mol. The fraction of sp³-hybridized carbons (Fsp3) is 0.125. The first-order chi connectivity index (χ1) is 5.27. The van der Waals surface area contributed by atoms with E-state index in [1.54, 1.807) is 12.1 Å². The van der Waals surface area contributed by atoms with Gasteiger partial charge in [-0.25, -0.2) is 4.79 Å². The van der Waals surface area contributed by atoms with Crippen LogP contribution >= 0.6 is 0 Å². The summed E-state index contributed by atoms with van der Waals surface area (Å²) < 4.78 is 4.78. The molecule has 0 spiro atoms. The summed E-state index contributed by atoms with van der Waals surface area (Å²) in [6.45, 7) is 0.383. The van der Waals surface area contributed by atoms with Gasteiger partial charge < -0.3 is 4.74 Å². The number of cyclic esters (lactones) is 1. The van der Waals surface area contributed by atoms with Gasteiger partial charge in [-0.3, -0.25) is 0 Å². The molecule has 52 valence electrons. The second-order valence-corrected chi connectivity index (χ2v) is 2.49. The van der Waals surface area contributed by atoms with E-state index in [-0.39, 0.29) is 5.97 Å². The standard InChI is InChI=1S/C8H5BO2/c9-6-2-1-5-4-11-8(10)7(5)3-6/h1-3H,4H2. The molecule has 1 aliphatic rings. The summed E-state index contributed by atoms with van der Waals surface area (Å²) in [5, 5.41) is 0. The van der Waals surface area contributed by atoms with E-state index >= 15 is 0 Å². The molecule has 0 aliphatic carbocycles. The Labute approximate surface area is 65.6 Å². The van der Waals surface area contributed by atoms with Crippen LogP contribution < -0.4 is 5.46 Å². The zero-order valence-corrected chi connectivity index (χ0v) is 5.83. The van der Waals surface area contributed by atoms with Gasteiger partial charge in [0.05, 0.1) is 5.56 Å². The van der Waals surface area contributed by atoms with Gasteiger partial charge in [0.1, 0.15) is 14.5 Å². The van der Waals surface area contributed by atoms with Crippen LogP contribution in [0.3, 0.4) is 0 Å².